The van der Waals surface area contributed by atoms with Gasteiger partial charge in [-0.05, 0) is 50.3 Å². The molecule has 0 bridgehead atoms. The standard InChI is InChI=1S/C16H25ClN2/c1-3-15-8-7-12(2)19(15)10-9-16(18)13-5-4-6-14(17)11-13/h4-6,11-12,15-16H,3,7-10,18H2,1-2H3. The van der Waals surface area contributed by atoms with E-state index in [1.807, 2.05) is 18.2 Å². The number of halogens is 1. The van der Waals surface area contributed by atoms with Gasteiger partial charge in [0, 0.05) is 29.7 Å². The van der Waals surface area contributed by atoms with E-state index in [-0.39, 0.29) is 6.04 Å². The van der Waals surface area contributed by atoms with E-state index in [9.17, 15) is 0 Å². The highest BCUT2D eigenvalue weighted by Gasteiger charge is 2.28. The van der Waals surface area contributed by atoms with Gasteiger partial charge in [0.05, 0.1) is 0 Å². The first-order chi connectivity index (χ1) is 9.11. The average molecular weight is 281 g/mol. The van der Waals surface area contributed by atoms with E-state index in [1.54, 1.807) is 0 Å². The Bertz CT molecular complexity index is 407. The molecule has 1 aromatic rings. The Labute approximate surface area is 121 Å². The third kappa shape index (κ3) is 3.71. The van der Waals surface area contributed by atoms with Crippen molar-refractivity contribution >= 4 is 11.6 Å². The minimum Gasteiger partial charge on any atom is -0.324 e. The van der Waals surface area contributed by atoms with Gasteiger partial charge in [0.25, 0.3) is 0 Å². The van der Waals surface area contributed by atoms with Crippen molar-refractivity contribution in [2.45, 2.75) is 57.7 Å². The third-order valence-electron chi connectivity index (χ3n) is 4.40. The van der Waals surface area contributed by atoms with Crippen LogP contribution in [0.4, 0.5) is 0 Å². The van der Waals surface area contributed by atoms with Gasteiger partial charge in [-0.15, -0.1) is 0 Å². The van der Waals surface area contributed by atoms with E-state index in [1.165, 1.54) is 19.3 Å². The van der Waals surface area contributed by atoms with Gasteiger partial charge in [-0.3, -0.25) is 4.90 Å². The van der Waals surface area contributed by atoms with Crippen molar-refractivity contribution in [2.24, 2.45) is 5.73 Å². The third-order valence-corrected chi connectivity index (χ3v) is 4.63. The molecule has 1 aromatic carbocycles. The fourth-order valence-electron chi connectivity index (χ4n) is 3.16. The SMILES string of the molecule is CCC1CCC(C)N1CCC(N)c1cccc(Cl)c1. The molecule has 3 unspecified atom stereocenters. The number of nitrogens with zero attached hydrogens (tertiary/aromatic N) is 1. The zero-order chi connectivity index (χ0) is 13.8. The molecule has 19 heavy (non-hydrogen) atoms. The molecule has 1 heterocycles. The van der Waals surface area contributed by atoms with Crippen molar-refractivity contribution < 1.29 is 0 Å². The lowest BCUT2D eigenvalue weighted by atomic mass is 10.0. The summed E-state index contributed by atoms with van der Waals surface area (Å²) in [7, 11) is 0. The van der Waals surface area contributed by atoms with Crippen LogP contribution in [0.15, 0.2) is 24.3 Å². The van der Waals surface area contributed by atoms with E-state index in [0.29, 0.717) is 6.04 Å². The molecule has 106 valence electrons. The van der Waals surface area contributed by atoms with Crippen LogP contribution in [0.1, 0.15) is 51.1 Å². The second-order valence-corrected chi connectivity index (χ2v) is 6.11. The predicted octanol–water partition coefficient (Wildman–Crippen LogP) is 3.99. The number of likely N-dealkylation sites (tertiary alicyclic amines) is 1. The zero-order valence-corrected chi connectivity index (χ0v) is 12.7. The van der Waals surface area contributed by atoms with Gasteiger partial charge >= 0.3 is 0 Å². The van der Waals surface area contributed by atoms with Crippen LogP contribution in [0.5, 0.6) is 0 Å². The highest BCUT2D eigenvalue weighted by molar-refractivity contribution is 6.30. The van der Waals surface area contributed by atoms with Gasteiger partial charge in [-0.2, -0.15) is 0 Å². The fourth-order valence-corrected chi connectivity index (χ4v) is 3.36. The highest BCUT2D eigenvalue weighted by atomic mass is 35.5. The number of benzene rings is 1. The largest absolute Gasteiger partial charge is 0.324 e. The van der Waals surface area contributed by atoms with Crippen molar-refractivity contribution in [3.63, 3.8) is 0 Å². The Hall–Kier alpha value is -0.570. The Kier molecular flexibility index (Phi) is 5.26. The molecule has 1 aliphatic heterocycles. The second kappa shape index (κ2) is 6.74. The first kappa shape index (κ1) is 14.8. The lowest BCUT2D eigenvalue weighted by Crippen LogP contribution is -2.36. The molecular weight excluding hydrogens is 256 g/mol. The monoisotopic (exact) mass is 280 g/mol. The summed E-state index contributed by atoms with van der Waals surface area (Å²) in [6, 6.07) is 9.47. The Balaban J connectivity index is 1.91. The molecule has 0 radical (unpaired) electrons. The maximum atomic E-state index is 6.29. The fraction of sp³-hybridized carbons (Fsp3) is 0.625. The van der Waals surface area contributed by atoms with Gasteiger partial charge in [0.1, 0.15) is 0 Å². The smallest absolute Gasteiger partial charge is 0.0409 e. The summed E-state index contributed by atoms with van der Waals surface area (Å²) in [4.78, 5) is 2.63. The highest BCUT2D eigenvalue weighted by Crippen LogP contribution is 2.27. The van der Waals surface area contributed by atoms with E-state index >= 15 is 0 Å². The Morgan fingerprint density at radius 2 is 2.21 bits per heavy atom. The van der Waals surface area contributed by atoms with E-state index in [0.717, 1.165) is 29.6 Å². The first-order valence-corrected chi connectivity index (χ1v) is 7.76. The van der Waals surface area contributed by atoms with Crippen molar-refractivity contribution in [3.05, 3.63) is 34.9 Å². The minimum atomic E-state index is 0.0870. The molecular formula is C16H25ClN2. The molecule has 0 aromatic heterocycles. The van der Waals surface area contributed by atoms with Gasteiger partial charge in [-0.1, -0.05) is 30.7 Å². The summed E-state index contributed by atoms with van der Waals surface area (Å²) in [5, 5.41) is 0.772. The molecule has 0 saturated carbocycles. The molecule has 2 rings (SSSR count). The van der Waals surface area contributed by atoms with Crippen LogP contribution in [0.3, 0.4) is 0 Å². The number of nitrogens with two attached hydrogens (primary N) is 1. The predicted molar refractivity (Wildman–Crippen MR) is 82.5 cm³/mol. The van der Waals surface area contributed by atoms with Crippen molar-refractivity contribution in [2.75, 3.05) is 6.54 Å². The summed E-state index contributed by atoms with van der Waals surface area (Å²) in [5.41, 5.74) is 7.43. The summed E-state index contributed by atoms with van der Waals surface area (Å²) in [6.45, 7) is 5.71. The molecule has 0 amide bonds. The van der Waals surface area contributed by atoms with Crippen LogP contribution in [-0.4, -0.2) is 23.5 Å². The van der Waals surface area contributed by atoms with Crippen molar-refractivity contribution in [3.8, 4) is 0 Å². The maximum absolute atomic E-state index is 6.29. The molecule has 0 spiro atoms. The summed E-state index contributed by atoms with van der Waals surface area (Å²) >= 11 is 6.02. The lowest BCUT2D eigenvalue weighted by Gasteiger charge is -2.28. The van der Waals surface area contributed by atoms with Gasteiger partial charge in [0.2, 0.25) is 0 Å². The lowest BCUT2D eigenvalue weighted by molar-refractivity contribution is 0.191. The minimum absolute atomic E-state index is 0.0870. The van der Waals surface area contributed by atoms with Crippen LogP contribution < -0.4 is 5.73 Å². The van der Waals surface area contributed by atoms with Crippen LogP contribution in [0, 0.1) is 0 Å². The molecule has 2 N–H and O–H groups in total. The topological polar surface area (TPSA) is 29.3 Å². The van der Waals surface area contributed by atoms with Gasteiger partial charge in [-0.25, -0.2) is 0 Å². The van der Waals surface area contributed by atoms with Crippen molar-refractivity contribution in [1.82, 2.24) is 4.90 Å². The van der Waals surface area contributed by atoms with Crippen LogP contribution in [-0.2, 0) is 0 Å². The van der Waals surface area contributed by atoms with Crippen LogP contribution in [0.25, 0.3) is 0 Å². The number of hydrogen-bond donors (Lipinski definition) is 1. The van der Waals surface area contributed by atoms with E-state index in [2.05, 4.69) is 24.8 Å². The first-order valence-electron chi connectivity index (χ1n) is 7.38. The number of hydrogen-bond acceptors (Lipinski definition) is 2. The summed E-state index contributed by atoms with van der Waals surface area (Å²) in [6.07, 6.45) is 4.91. The maximum Gasteiger partial charge on any atom is 0.0409 e. The van der Waals surface area contributed by atoms with E-state index < -0.39 is 0 Å². The normalized spacial score (nSPS) is 25.7. The summed E-state index contributed by atoms with van der Waals surface area (Å²) in [5.74, 6) is 0. The Morgan fingerprint density at radius 3 is 2.89 bits per heavy atom. The van der Waals surface area contributed by atoms with Crippen LogP contribution >= 0.6 is 11.6 Å². The molecule has 1 aliphatic rings. The van der Waals surface area contributed by atoms with Gasteiger partial charge in [0.15, 0.2) is 0 Å². The molecule has 3 atom stereocenters. The summed E-state index contributed by atoms with van der Waals surface area (Å²) < 4.78 is 0. The van der Waals surface area contributed by atoms with Crippen molar-refractivity contribution in [1.29, 1.82) is 0 Å². The molecule has 0 aliphatic carbocycles. The number of rotatable bonds is 5. The molecule has 1 saturated heterocycles. The quantitative estimate of drug-likeness (QED) is 0.883. The second-order valence-electron chi connectivity index (χ2n) is 5.68. The molecule has 3 heteroatoms. The average Bonchev–Trinajstić information content (AvgIpc) is 2.76. The Morgan fingerprint density at radius 1 is 1.42 bits per heavy atom. The molecule has 1 fully saturated rings. The molecule has 2 nitrogen and oxygen atoms in total. The van der Waals surface area contributed by atoms with Gasteiger partial charge < -0.3 is 5.73 Å². The zero-order valence-electron chi connectivity index (χ0n) is 12.0. The van der Waals surface area contributed by atoms with E-state index in [4.69, 9.17) is 17.3 Å². The van der Waals surface area contributed by atoms with Crippen LogP contribution in [0.2, 0.25) is 5.02 Å².